The van der Waals surface area contributed by atoms with E-state index in [4.69, 9.17) is 0 Å². The van der Waals surface area contributed by atoms with Gasteiger partial charge in [-0.25, -0.2) is 0 Å². The van der Waals surface area contributed by atoms with Crippen LogP contribution in [0.3, 0.4) is 0 Å². The Hall–Kier alpha value is -1.63. The lowest BCUT2D eigenvalue weighted by Gasteiger charge is -2.00. The number of unbranched alkanes of at least 4 members (excludes halogenated alkanes) is 2. The minimum absolute atomic E-state index is 1.20. The molecule has 88 valence electrons. The number of pyridine rings is 1. The zero-order valence-electron chi connectivity index (χ0n) is 10.5. The maximum absolute atomic E-state index is 2.24. The number of rotatable bonds is 5. The van der Waals surface area contributed by atoms with Gasteiger partial charge < -0.3 is 0 Å². The number of para-hydroxylation sites is 1. The highest BCUT2D eigenvalue weighted by atomic mass is 14.9. The van der Waals surface area contributed by atoms with Crippen LogP contribution in [0, 0.1) is 0 Å². The van der Waals surface area contributed by atoms with Crippen molar-refractivity contribution in [1.82, 2.24) is 0 Å². The standard InChI is InChI=1S/C16H20N/c1-2-3-5-8-15-11-13-17(14-12-15)16-9-6-4-7-10-16/h4,6-7,9-14H,2-3,5,8H2,1H3/q+1. The fourth-order valence-corrected chi connectivity index (χ4v) is 1.98. The molecule has 1 nitrogen and oxygen atoms in total. The van der Waals surface area contributed by atoms with E-state index in [1.165, 1.54) is 36.9 Å². The number of benzene rings is 1. The number of aromatic nitrogens is 1. The molecule has 17 heavy (non-hydrogen) atoms. The number of aryl methyl sites for hydroxylation is 1. The summed E-state index contributed by atoms with van der Waals surface area (Å²) in [4.78, 5) is 0. The minimum Gasteiger partial charge on any atom is -0.167 e. The normalized spacial score (nSPS) is 10.4. The van der Waals surface area contributed by atoms with E-state index in [1.54, 1.807) is 0 Å². The Morgan fingerprint density at radius 3 is 2.24 bits per heavy atom. The minimum atomic E-state index is 1.20. The summed E-state index contributed by atoms with van der Waals surface area (Å²) >= 11 is 0. The second kappa shape index (κ2) is 6.19. The van der Waals surface area contributed by atoms with Gasteiger partial charge in [0.05, 0.1) is 0 Å². The molecule has 0 amide bonds. The van der Waals surface area contributed by atoms with Crippen molar-refractivity contribution in [1.29, 1.82) is 0 Å². The summed E-state index contributed by atoms with van der Waals surface area (Å²) in [7, 11) is 0. The first-order valence-corrected chi connectivity index (χ1v) is 6.46. The molecule has 0 atom stereocenters. The van der Waals surface area contributed by atoms with Crippen LogP contribution in [0.15, 0.2) is 54.9 Å². The van der Waals surface area contributed by atoms with Gasteiger partial charge in [-0.05, 0) is 18.4 Å². The maximum atomic E-state index is 2.24. The van der Waals surface area contributed by atoms with E-state index in [0.717, 1.165) is 0 Å². The summed E-state index contributed by atoms with van der Waals surface area (Å²) in [6.07, 6.45) is 9.41. The van der Waals surface area contributed by atoms with Crippen LogP contribution in [0.4, 0.5) is 0 Å². The topological polar surface area (TPSA) is 3.88 Å². The van der Waals surface area contributed by atoms with Gasteiger partial charge in [0.2, 0.25) is 5.69 Å². The quantitative estimate of drug-likeness (QED) is 0.540. The van der Waals surface area contributed by atoms with Crippen LogP contribution in [-0.2, 0) is 6.42 Å². The first-order chi connectivity index (χ1) is 8.40. The third-order valence-corrected chi connectivity index (χ3v) is 3.02. The van der Waals surface area contributed by atoms with Crippen LogP contribution in [0.1, 0.15) is 31.7 Å². The average molecular weight is 226 g/mol. The summed E-state index contributed by atoms with van der Waals surface area (Å²) < 4.78 is 2.16. The van der Waals surface area contributed by atoms with E-state index >= 15 is 0 Å². The zero-order chi connectivity index (χ0) is 11.9. The SMILES string of the molecule is CCCCCc1cc[n+](-c2ccccc2)cc1. The molecule has 2 rings (SSSR count). The Kier molecular flexibility index (Phi) is 4.31. The molecule has 0 unspecified atom stereocenters. The van der Waals surface area contributed by atoms with E-state index in [-0.39, 0.29) is 0 Å². The van der Waals surface area contributed by atoms with Gasteiger partial charge in [-0.15, -0.1) is 0 Å². The monoisotopic (exact) mass is 226 g/mol. The van der Waals surface area contributed by atoms with Crippen molar-refractivity contribution in [3.8, 4) is 5.69 Å². The largest absolute Gasteiger partial charge is 0.210 e. The molecule has 0 N–H and O–H groups in total. The second-order valence-electron chi connectivity index (χ2n) is 4.41. The molecule has 1 aromatic carbocycles. The molecular weight excluding hydrogens is 206 g/mol. The van der Waals surface area contributed by atoms with E-state index in [9.17, 15) is 0 Å². The molecule has 0 aliphatic carbocycles. The molecule has 0 saturated heterocycles. The van der Waals surface area contributed by atoms with Crippen molar-refractivity contribution in [2.24, 2.45) is 0 Å². The van der Waals surface area contributed by atoms with Gasteiger partial charge in [0.15, 0.2) is 12.4 Å². The predicted molar refractivity (Wildman–Crippen MR) is 71.2 cm³/mol. The Morgan fingerprint density at radius 2 is 1.59 bits per heavy atom. The lowest BCUT2D eigenvalue weighted by atomic mass is 10.1. The van der Waals surface area contributed by atoms with Crippen molar-refractivity contribution >= 4 is 0 Å². The summed E-state index contributed by atoms with van der Waals surface area (Å²) in [5, 5.41) is 0. The van der Waals surface area contributed by atoms with Crippen molar-refractivity contribution in [2.45, 2.75) is 32.6 Å². The molecular formula is C16H20N+. The molecule has 1 heterocycles. The fourth-order valence-electron chi connectivity index (χ4n) is 1.98. The maximum Gasteiger partial charge on any atom is 0.210 e. The molecule has 0 aliphatic rings. The Morgan fingerprint density at radius 1 is 0.882 bits per heavy atom. The highest BCUT2D eigenvalue weighted by Crippen LogP contribution is 2.05. The van der Waals surface area contributed by atoms with Gasteiger partial charge >= 0.3 is 0 Å². The van der Waals surface area contributed by atoms with E-state index in [0.29, 0.717) is 0 Å². The van der Waals surface area contributed by atoms with Gasteiger partial charge in [0, 0.05) is 24.3 Å². The highest BCUT2D eigenvalue weighted by molar-refractivity contribution is 5.21. The zero-order valence-corrected chi connectivity index (χ0v) is 10.5. The molecule has 0 bridgehead atoms. The van der Waals surface area contributed by atoms with Crippen molar-refractivity contribution in [3.05, 3.63) is 60.4 Å². The molecule has 0 spiro atoms. The van der Waals surface area contributed by atoms with E-state index < -0.39 is 0 Å². The number of nitrogens with zero attached hydrogens (tertiary/aromatic N) is 1. The molecule has 2 aromatic rings. The lowest BCUT2D eigenvalue weighted by Crippen LogP contribution is -2.29. The molecule has 0 radical (unpaired) electrons. The van der Waals surface area contributed by atoms with Crippen LogP contribution in [0.25, 0.3) is 5.69 Å². The van der Waals surface area contributed by atoms with E-state index in [2.05, 4.69) is 60.3 Å². The van der Waals surface area contributed by atoms with Crippen LogP contribution >= 0.6 is 0 Å². The number of hydrogen-bond acceptors (Lipinski definition) is 0. The van der Waals surface area contributed by atoms with E-state index in [1.807, 2.05) is 6.07 Å². The third-order valence-electron chi connectivity index (χ3n) is 3.02. The molecule has 1 heteroatoms. The Balaban J connectivity index is 2.03. The fraction of sp³-hybridized carbons (Fsp3) is 0.312. The first kappa shape index (κ1) is 11.8. The molecule has 0 fully saturated rings. The van der Waals surface area contributed by atoms with Crippen LogP contribution in [0.5, 0.6) is 0 Å². The van der Waals surface area contributed by atoms with Gasteiger partial charge in [-0.2, -0.15) is 4.57 Å². The highest BCUT2D eigenvalue weighted by Gasteiger charge is 2.03. The van der Waals surface area contributed by atoms with Gasteiger partial charge in [-0.1, -0.05) is 38.0 Å². The number of hydrogen-bond donors (Lipinski definition) is 0. The third kappa shape index (κ3) is 3.42. The summed E-state index contributed by atoms with van der Waals surface area (Å²) in [6, 6.07) is 14.9. The predicted octanol–water partition coefficient (Wildman–Crippen LogP) is 3.70. The van der Waals surface area contributed by atoms with Crippen molar-refractivity contribution in [3.63, 3.8) is 0 Å². The van der Waals surface area contributed by atoms with Crippen molar-refractivity contribution < 1.29 is 4.57 Å². The van der Waals surface area contributed by atoms with Crippen LogP contribution < -0.4 is 4.57 Å². The van der Waals surface area contributed by atoms with Gasteiger partial charge in [-0.3, -0.25) is 0 Å². The van der Waals surface area contributed by atoms with Crippen LogP contribution in [0.2, 0.25) is 0 Å². The molecule has 0 aliphatic heterocycles. The summed E-state index contributed by atoms with van der Waals surface area (Å²) in [5.74, 6) is 0. The smallest absolute Gasteiger partial charge is 0.167 e. The van der Waals surface area contributed by atoms with Crippen LogP contribution in [-0.4, -0.2) is 0 Å². The Labute approximate surface area is 104 Å². The van der Waals surface area contributed by atoms with Gasteiger partial charge in [0.25, 0.3) is 0 Å². The molecule has 0 saturated carbocycles. The summed E-state index contributed by atoms with van der Waals surface area (Å²) in [6.45, 7) is 2.24. The average Bonchev–Trinajstić information content (AvgIpc) is 2.41. The van der Waals surface area contributed by atoms with Crippen molar-refractivity contribution in [2.75, 3.05) is 0 Å². The lowest BCUT2D eigenvalue weighted by molar-refractivity contribution is -0.595. The molecule has 1 aromatic heterocycles. The first-order valence-electron chi connectivity index (χ1n) is 6.46. The Bertz CT molecular complexity index is 431. The summed E-state index contributed by atoms with van der Waals surface area (Å²) in [5.41, 5.74) is 2.65. The van der Waals surface area contributed by atoms with Gasteiger partial charge in [0.1, 0.15) is 0 Å². The second-order valence-corrected chi connectivity index (χ2v) is 4.41.